The van der Waals surface area contributed by atoms with E-state index in [1.165, 1.54) is 5.56 Å². The van der Waals surface area contributed by atoms with Crippen LogP contribution in [0.3, 0.4) is 0 Å². The molecule has 3 rings (SSSR count). The van der Waals surface area contributed by atoms with Crippen LogP contribution in [0.2, 0.25) is 0 Å². The number of carbonyl (C=O) groups excluding carboxylic acids is 2. The summed E-state index contributed by atoms with van der Waals surface area (Å²) in [5.74, 6) is 0.422. The highest BCUT2D eigenvalue weighted by Crippen LogP contribution is 2.22. The summed E-state index contributed by atoms with van der Waals surface area (Å²) in [5, 5.41) is 5.68. The number of nitrogens with one attached hydrogen (secondary N) is 2. The summed E-state index contributed by atoms with van der Waals surface area (Å²) in [6.07, 6.45) is 0. The van der Waals surface area contributed by atoms with E-state index in [1.807, 2.05) is 80.6 Å². The van der Waals surface area contributed by atoms with Crippen LogP contribution in [0.25, 0.3) is 0 Å². The van der Waals surface area contributed by atoms with Gasteiger partial charge in [-0.05, 0) is 37.1 Å². The number of thioether (sulfide) groups is 1. The Bertz CT molecular complexity index is 977. The number of para-hydroxylation sites is 1. The second-order valence-corrected chi connectivity index (χ2v) is 8.41. The zero-order valence-electron chi connectivity index (χ0n) is 17.2. The lowest BCUT2D eigenvalue weighted by atomic mass is 10.1. The van der Waals surface area contributed by atoms with Crippen molar-refractivity contribution in [3.8, 4) is 0 Å². The minimum Gasteiger partial charge on any atom is -0.345 e. The third kappa shape index (κ3) is 5.97. The first-order valence-electron chi connectivity index (χ1n) is 9.96. The molecule has 2 atom stereocenters. The topological polar surface area (TPSA) is 58.2 Å². The molecule has 0 saturated heterocycles. The Hall–Kier alpha value is -3.05. The normalized spacial score (nSPS) is 12.6. The maximum Gasteiger partial charge on any atom is 0.253 e. The number of hydrogen-bond acceptors (Lipinski definition) is 3. The highest BCUT2D eigenvalue weighted by Gasteiger charge is 2.19. The van der Waals surface area contributed by atoms with Crippen molar-refractivity contribution in [3.63, 3.8) is 0 Å². The van der Waals surface area contributed by atoms with Crippen molar-refractivity contribution in [3.05, 3.63) is 102 Å². The standard InChI is InChI=1S/C25H26N2O2S/c1-18(21-13-7-4-8-14-21)26-25(29)22-15-9-10-16-23(22)27-24(28)19(2)30-17-20-11-5-3-6-12-20/h3-16,18-19H,17H2,1-2H3,(H,26,29)(H,27,28)/t18-,19+/m1/s1. The van der Waals surface area contributed by atoms with Gasteiger partial charge in [-0.2, -0.15) is 0 Å². The molecule has 5 heteroatoms. The maximum atomic E-state index is 12.8. The van der Waals surface area contributed by atoms with Gasteiger partial charge in [0.2, 0.25) is 5.91 Å². The fourth-order valence-corrected chi connectivity index (χ4v) is 3.84. The molecule has 0 saturated carbocycles. The van der Waals surface area contributed by atoms with E-state index < -0.39 is 0 Å². The van der Waals surface area contributed by atoms with E-state index in [9.17, 15) is 9.59 Å². The predicted octanol–water partition coefficient (Wildman–Crippen LogP) is 5.44. The Balaban J connectivity index is 1.62. The first-order chi connectivity index (χ1) is 14.5. The van der Waals surface area contributed by atoms with Gasteiger partial charge in [0.15, 0.2) is 0 Å². The average Bonchev–Trinajstić information content (AvgIpc) is 2.79. The maximum absolute atomic E-state index is 12.8. The van der Waals surface area contributed by atoms with E-state index in [1.54, 1.807) is 30.0 Å². The third-order valence-electron chi connectivity index (χ3n) is 4.79. The SMILES string of the molecule is C[C@H](SCc1ccccc1)C(=O)Nc1ccccc1C(=O)N[C@H](C)c1ccccc1. The van der Waals surface area contributed by atoms with Crippen molar-refractivity contribution in [2.75, 3.05) is 5.32 Å². The van der Waals surface area contributed by atoms with Gasteiger partial charge in [0.05, 0.1) is 22.5 Å². The van der Waals surface area contributed by atoms with E-state index in [0.717, 1.165) is 11.3 Å². The molecule has 2 amide bonds. The van der Waals surface area contributed by atoms with Crippen LogP contribution in [0.1, 0.15) is 41.4 Å². The summed E-state index contributed by atoms with van der Waals surface area (Å²) < 4.78 is 0. The molecular formula is C25H26N2O2S. The smallest absolute Gasteiger partial charge is 0.253 e. The van der Waals surface area contributed by atoms with Crippen LogP contribution in [0, 0.1) is 0 Å². The molecule has 0 aliphatic carbocycles. The Morgan fingerprint density at radius 3 is 2.13 bits per heavy atom. The number of benzene rings is 3. The molecule has 0 aliphatic heterocycles. The van der Waals surface area contributed by atoms with Crippen LogP contribution in [0.4, 0.5) is 5.69 Å². The van der Waals surface area contributed by atoms with Crippen molar-refractivity contribution in [2.45, 2.75) is 30.9 Å². The lowest BCUT2D eigenvalue weighted by Gasteiger charge is -2.17. The second kappa shape index (κ2) is 10.6. The monoisotopic (exact) mass is 418 g/mol. The zero-order valence-corrected chi connectivity index (χ0v) is 18.0. The number of rotatable bonds is 8. The van der Waals surface area contributed by atoms with E-state index in [2.05, 4.69) is 10.6 Å². The van der Waals surface area contributed by atoms with Gasteiger partial charge in [0, 0.05) is 5.75 Å². The molecule has 0 unspecified atom stereocenters. The van der Waals surface area contributed by atoms with Gasteiger partial charge >= 0.3 is 0 Å². The number of anilines is 1. The Kier molecular flexibility index (Phi) is 7.69. The molecule has 154 valence electrons. The molecule has 0 spiro atoms. The van der Waals surface area contributed by atoms with Gasteiger partial charge in [-0.3, -0.25) is 9.59 Å². The molecule has 0 heterocycles. The fraction of sp³-hybridized carbons (Fsp3) is 0.200. The minimum atomic E-state index is -0.246. The highest BCUT2D eigenvalue weighted by molar-refractivity contribution is 7.99. The largest absolute Gasteiger partial charge is 0.345 e. The van der Waals surface area contributed by atoms with Crippen molar-refractivity contribution in [2.24, 2.45) is 0 Å². The van der Waals surface area contributed by atoms with Crippen LogP contribution in [-0.2, 0) is 10.5 Å². The number of carbonyl (C=O) groups is 2. The quantitative estimate of drug-likeness (QED) is 0.512. The number of amides is 2. The Morgan fingerprint density at radius 2 is 1.43 bits per heavy atom. The Labute approximate surface area is 182 Å². The van der Waals surface area contributed by atoms with E-state index in [4.69, 9.17) is 0 Å². The Morgan fingerprint density at radius 1 is 0.833 bits per heavy atom. The van der Waals surface area contributed by atoms with Crippen LogP contribution in [0.15, 0.2) is 84.9 Å². The van der Waals surface area contributed by atoms with E-state index >= 15 is 0 Å². The molecule has 3 aromatic rings. The van der Waals surface area contributed by atoms with Crippen LogP contribution in [-0.4, -0.2) is 17.1 Å². The summed E-state index contributed by atoms with van der Waals surface area (Å²) in [6.45, 7) is 3.82. The summed E-state index contributed by atoms with van der Waals surface area (Å²) in [7, 11) is 0. The summed E-state index contributed by atoms with van der Waals surface area (Å²) in [6, 6.07) is 26.8. The molecule has 0 bridgehead atoms. The summed E-state index contributed by atoms with van der Waals surface area (Å²) >= 11 is 1.57. The molecule has 0 aliphatic rings. The average molecular weight is 419 g/mol. The molecule has 2 N–H and O–H groups in total. The van der Waals surface area contributed by atoms with Crippen molar-refractivity contribution < 1.29 is 9.59 Å². The van der Waals surface area contributed by atoms with Crippen LogP contribution < -0.4 is 10.6 Å². The minimum absolute atomic E-state index is 0.118. The fourth-order valence-electron chi connectivity index (χ4n) is 3.00. The van der Waals surface area contributed by atoms with Crippen LogP contribution in [0.5, 0.6) is 0 Å². The molecule has 0 fully saturated rings. The van der Waals surface area contributed by atoms with Crippen molar-refractivity contribution in [1.82, 2.24) is 5.32 Å². The van der Waals surface area contributed by atoms with Gasteiger partial charge in [-0.25, -0.2) is 0 Å². The highest BCUT2D eigenvalue weighted by atomic mass is 32.2. The van der Waals surface area contributed by atoms with E-state index in [0.29, 0.717) is 11.3 Å². The lowest BCUT2D eigenvalue weighted by Crippen LogP contribution is -2.29. The molecule has 30 heavy (non-hydrogen) atoms. The molecule has 4 nitrogen and oxygen atoms in total. The van der Waals surface area contributed by atoms with Crippen molar-refractivity contribution in [1.29, 1.82) is 0 Å². The lowest BCUT2D eigenvalue weighted by molar-refractivity contribution is -0.115. The van der Waals surface area contributed by atoms with Gasteiger partial charge in [-0.15, -0.1) is 11.8 Å². The summed E-state index contributed by atoms with van der Waals surface area (Å²) in [5.41, 5.74) is 3.18. The second-order valence-electron chi connectivity index (χ2n) is 7.08. The van der Waals surface area contributed by atoms with Gasteiger partial charge in [0.25, 0.3) is 5.91 Å². The zero-order chi connectivity index (χ0) is 21.3. The van der Waals surface area contributed by atoms with Crippen LogP contribution >= 0.6 is 11.8 Å². The predicted molar refractivity (Wildman–Crippen MR) is 125 cm³/mol. The number of hydrogen-bond donors (Lipinski definition) is 2. The third-order valence-corrected chi connectivity index (χ3v) is 6.00. The van der Waals surface area contributed by atoms with Gasteiger partial charge in [-0.1, -0.05) is 72.8 Å². The summed E-state index contributed by atoms with van der Waals surface area (Å²) in [4.78, 5) is 25.5. The van der Waals surface area contributed by atoms with Crippen molar-refractivity contribution >= 4 is 29.3 Å². The molecule has 0 aromatic heterocycles. The molecule has 3 aromatic carbocycles. The first-order valence-corrected chi connectivity index (χ1v) is 11.0. The van der Waals surface area contributed by atoms with E-state index in [-0.39, 0.29) is 23.1 Å². The first kappa shape index (κ1) is 21.7. The molecule has 0 radical (unpaired) electrons. The van der Waals surface area contributed by atoms with Gasteiger partial charge in [0.1, 0.15) is 0 Å². The van der Waals surface area contributed by atoms with Gasteiger partial charge < -0.3 is 10.6 Å². The molecular weight excluding hydrogens is 392 g/mol.